The van der Waals surface area contributed by atoms with Crippen molar-refractivity contribution in [1.29, 1.82) is 0 Å². The van der Waals surface area contributed by atoms with E-state index >= 15 is 0 Å². The van der Waals surface area contributed by atoms with Crippen molar-refractivity contribution in [3.8, 4) is 0 Å². The lowest BCUT2D eigenvalue weighted by Crippen LogP contribution is -2.00. The molecule has 0 atom stereocenters. The molecule has 1 saturated carbocycles. The van der Waals surface area contributed by atoms with Gasteiger partial charge in [-0.05, 0) is 30.2 Å². The minimum absolute atomic E-state index is 0.504. The Morgan fingerprint density at radius 1 is 1.44 bits per heavy atom. The van der Waals surface area contributed by atoms with Crippen molar-refractivity contribution in [2.75, 3.05) is 11.9 Å². The summed E-state index contributed by atoms with van der Waals surface area (Å²) in [5, 5.41) is 21.1. The van der Waals surface area contributed by atoms with E-state index in [9.17, 15) is 0 Å². The molecule has 0 unspecified atom stereocenters. The molecule has 2 aromatic rings. The van der Waals surface area contributed by atoms with Gasteiger partial charge in [-0.2, -0.15) is 0 Å². The first-order chi connectivity index (χ1) is 8.88. The van der Waals surface area contributed by atoms with Crippen LogP contribution in [0.5, 0.6) is 0 Å². The molecule has 0 spiro atoms. The van der Waals surface area contributed by atoms with Gasteiger partial charge in [0.25, 0.3) is 0 Å². The summed E-state index contributed by atoms with van der Waals surface area (Å²) in [7, 11) is 0. The molecule has 0 bridgehead atoms. The maximum atomic E-state index is 4.13. The highest BCUT2D eigenvalue weighted by Gasteiger charge is 2.28. The number of rotatable bonds is 6. The van der Waals surface area contributed by atoms with Gasteiger partial charge in [-0.1, -0.05) is 16.3 Å². The normalized spacial score (nSPS) is 14.9. The van der Waals surface area contributed by atoms with Crippen molar-refractivity contribution in [2.24, 2.45) is 0 Å². The van der Waals surface area contributed by atoms with Crippen LogP contribution in [0, 0.1) is 0 Å². The molecule has 96 valence electrons. The number of hydrogen-bond donors (Lipinski definition) is 1. The predicted octanol–water partition coefficient (Wildman–Crippen LogP) is 1.58. The first-order valence-electron chi connectivity index (χ1n) is 5.84. The van der Waals surface area contributed by atoms with Crippen LogP contribution in [0.15, 0.2) is 5.16 Å². The number of nitrogens with one attached hydrogen (secondary N) is 1. The number of hydrogen-bond acceptors (Lipinski definition) is 8. The lowest BCUT2D eigenvalue weighted by Gasteiger charge is -2.02. The first-order valence-corrected chi connectivity index (χ1v) is 7.60. The molecule has 1 aliphatic carbocycles. The van der Waals surface area contributed by atoms with E-state index in [-0.39, 0.29) is 0 Å². The van der Waals surface area contributed by atoms with Gasteiger partial charge in [0.2, 0.25) is 5.16 Å². The average molecular weight is 283 g/mol. The van der Waals surface area contributed by atoms with E-state index in [0.717, 1.165) is 28.1 Å². The fraction of sp³-hybridized carbons (Fsp3) is 0.667. The quantitative estimate of drug-likeness (QED) is 0.806. The van der Waals surface area contributed by atoms with Gasteiger partial charge in [-0.15, -0.1) is 10.2 Å². The molecule has 0 aliphatic heterocycles. The van der Waals surface area contributed by atoms with Crippen LogP contribution in [0.4, 0.5) is 5.00 Å². The third-order valence-electron chi connectivity index (χ3n) is 2.59. The van der Waals surface area contributed by atoms with Crippen molar-refractivity contribution in [1.82, 2.24) is 29.8 Å². The largest absolute Gasteiger partial charge is 0.374 e. The summed E-state index contributed by atoms with van der Waals surface area (Å²) in [4.78, 5) is 0. The molecular weight excluding hydrogens is 270 g/mol. The molecule has 9 heteroatoms. The summed E-state index contributed by atoms with van der Waals surface area (Å²) >= 11 is 3.00. The van der Waals surface area contributed by atoms with Crippen molar-refractivity contribution in [3.05, 3.63) is 5.69 Å². The maximum absolute atomic E-state index is 4.13. The molecule has 7 nitrogen and oxygen atoms in total. The highest BCUT2D eigenvalue weighted by atomic mass is 32.2. The van der Waals surface area contributed by atoms with E-state index in [0.29, 0.717) is 6.04 Å². The van der Waals surface area contributed by atoms with Gasteiger partial charge in [-0.3, -0.25) is 0 Å². The van der Waals surface area contributed by atoms with Crippen molar-refractivity contribution in [2.45, 2.75) is 36.7 Å². The van der Waals surface area contributed by atoms with E-state index in [1.54, 1.807) is 11.8 Å². The number of nitrogens with zero attached hydrogens (tertiary/aromatic N) is 6. The Labute approximate surface area is 113 Å². The van der Waals surface area contributed by atoms with Gasteiger partial charge in [-0.25, -0.2) is 4.68 Å². The van der Waals surface area contributed by atoms with Crippen LogP contribution in [-0.2, 0) is 5.75 Å². The topological polar surface area (TPSA) is 81.4 Å². The standard InChI is InChI=1S/C9H13N7S2/c1-2-10-8-7(11-15-18-8)5-17-9-12-13-14-16(9)6-3-4-6/h6,10H,2-5H2,1H3. The van der Waals surface area contributed by atoms with Crippen LogP contribution in [0.3, 0.4) is 0 Å². The average Bonchev–Trinajstić information content (AvgIpc) is 2.95. The van der Waals surface area contributed by atoms with Gasteiger partial charge in [0.15, 0.2) is 0 Å². The summed E-state index contributed by atoms with van der Waals surface area (Å²) in [6.45, 7) is 2.94. The van der Waals surface area contributed by atoms with Crippen LogP contribution in [0.1, 0.15) is 31.5 Å². The summed E-state index contributed by atoms with van der Waals surface area (Å²) < 4.78 is 5.88. The molecule has 1 N–H and O–H groups in total. The lowest BCUT2D eigenvalue weighted by atomic mass is 10.5. The molecule has 2 aromatic heterocycles. The van der Waals surface area contributed by atoms with Gasteiger partial charge >= 0.3 is 0 Å². The molecule has 0 amide bonds. The maximum Gasteiger partial charge on any atom is 0.209 e. The summed E-state index contributed by atoms with van der Waals surface area (Å²) in [6.07, 6.45) is 2.36. The third-order valence-corrected chi connectivity index (χ3v) is 4.26. The summed E-state index contributed by atoms with van der Waals surface area (Å²) in [5.41, 5.74) is 0.970. The van der Waals surface area contributed by atoms with Gasteiger partial charge < -0.3 is 5.32 Å². The van der Waals surface area contributed by atoms with Crippen LogP contribution in [-0.4, -0.2) is 36.3 Å². The monoisotopic (exact) mass is 283 g/mol. The molecule has 18 heavy (non-hydrogen) atoms. The second-order valence-corrected chi connectivity index (χ2v) is 5.70. The first kappa shape index (κ1) is 11.8. The van der Waals surface area contributed by atoms with Crippen molar-refractivity contribution >= 4 is 28.3 Å². The Morgan fingerprint density at radius 2 is 2.33 bits per heavy atom. The molecule has 1 aliphatic rings. The zero-order valence-corrected chi connectivity index (χ0v) is 11.5. The second-order valence-electron chi connectivity index (χ2n) is 4.00. The second kappa shape index (κ2) is 5.19. The smallest absolute Gasteiger partial charge is 0.209 e. The number of aromatic nitrogens is 6. The number of thioether (sulfide) groups is 1. The van der Waals surface area contributed by atoms with Crippen molar-refractivity contribution < 1.29 is 0 Å². The SMILES string of the molecule is CCNc1snnc1CSc1nnnn1C1CC1. The molecule has 0 radical (unpaired) electrons. The van der Waals surface area contributed by atoms with E-state index in [1.807, 2.05) is 4.68 Å². The Kier molecular flexibility index (Phi) is 3.41. The van der Waals surface area contributed by atoms with Crippen LogP contribution < -0.4 is 5.32 Å². The minimum atomic E-state index is 0.504. The molecule has 1 fully saturated rings. The van der Waals surface area contributed by atoms with Gasteiger partial charge in [0.1, 0.15) is 10.7 Å². The van der Waals surface area contributed by atoms with Crippen molar-refractivity contribution in [3.63, 3.8) is 0 Å². The van der Waals surface area contributed by atoms with Crippen LogP contribution in [0.25, 0.3) is 0 Å². The lowest BCUT2D eigenvalue weighted by molar-refractivity contribution is 0.565. The fourth-order valence-corrected chi connectivity index (χ4v) is 3.18. The molecular formula is C9H13N7S2. The summed E-state index contributed by atoms with van der Waals surface area (Å²) in [5.74, 6) is 0.742. The highest BCUT2D eigenvalue weighted by molar-refractivity contribution is 7.98. The Hall–Kier alpha value is -1.22. The zero-order chi connectivity index (χ0) is 12.4. The molecule has 0 saturated heterocycles. The van der Waals surface area contributed by atoms with E-state index in [4.69, 9.17) is 0 Å². The fourth-order valence-electron chi connectivity index (χ4n) is 1.56. The van der Waals surface area contributed by atoms with E-state index < -0.39 is 0 Å². The van der Waals surface area contributed by atoms with Gasteiger partial charge in [0.05, 0.1) is 6.04 Å². The van der Waals surface area contributed by atoms with E-state index in [1.165, 1.54) is 24.4 Å². The minimum Gasteiger partial charge on any atom is -0.374 e. The predicted molar refractivity (Wildman–Crippen MR) is 69.7 cm³/mol. The van der Waals surface area contributed by atoms with Crippen LogP contribution in [0.2, 0.25) is 0 Å². The molecule has 0 aromatic carbocycles. The van der Waals surface area contributed by atoms with Crippen LogP contribution >= 0.6 is 23.3 Å². The number of anilines is 1. The third kappa shape index (κ3) is 2.46. The highest BCUT2D eigenvalue weighted by Crippen LogP contribution is 2.37. The molecule has 3 rings (SSSR count). The Balaban J connectivity index is 1.66. The zero-order valence-electron chi connectivity index (χ0n) is 9.91. The van der Waals surface area contributed by atoms with Gasteiger partial charge in [0, 0.05) is 23.8 Å². The Morgan fingerprint density at radius 3 is 3.11 bits per heavy atom. The molecule has 2 heterocycles. The number of tetrazole rings is 1. The Bertz CT molecular complexity index is 518. The summed E-state index contributed by atoms with van der Waals surface area (Å²) in [6, 6.07) is 0.504. The van der Waals surface area contributed by atoms with E-state index in [2.05, 4.69) is 37.4 Å².